The summed E-state index contributed by atoms with van der Waals surface area (Å²) in [5.41, 5.74) is 0. The quantitative estimate of drug-likeness (QED) is 0.305. The minimum absolute atomic E-state index is 0.0628. The molecule has 0 rings (SSSR count). The van der Waals surface area contributed by atoms with Crippen molar-refractivity contribution in [3.63, 3.8) is 0 Å². The third-order valence-corrected chi connectivity index (χ3v) is 2.28. The molecule has 8 nitrogen and oxygen atoms in total. The third kappa shape index (κ3) is 19.1. The molecule has 20 heavy (non-hydrogen) atoms. The van der Waals surface area contributed by atoms with Gasteiger partial charge in [-0.1, -0.05) is 0 Å². The van der Waals surface area contributed by atoms with Crippen LogP contribution in [0.2, 0.25) is 0 Å². The van der Waals surface area contributed by atoms with Gasteiger partial charge in [-0.15, -0.1) is 0 Å². The number of carboxylic acids is 2. The summed E-state index contributed by atoms with van der Waals surface area (Å²) in [7, 11) is 0. The van der Waals surface area contributed by atoms with E-state index in [1.165, 1.54) is 0 Å². The number of rotatable bonds is 11. The van der Waals surface area contributed by atoms with E-state index in [0.29, 0.717) is 32.5 Å². The van der Waals surface area contributed by atoms with E-state index < -0.39 is 11.9 Å². The molecule has 0 radical (unpaired) electrons. The predicted molar refractivity (Wildman–Crippen MR) is 71.4 cm³/mol. The summed E-state index contributed by atoms with van der Waals surface area (Å²) >= 11 is 0. The van der Waals surface area contributed by atoms with Gasteiger partial charge in [0, 0.05) is 32.5 Å². The van der Waals surface area contributed by atoms with Crippen molar-refractivity contribution in [1.82, 2.24) is 4.90 Å². The van der Waals surface area contributed by atoms with E-state index in [1.807, 2.05) is 0 Å². The molecule has 0 saturated carbocycles. The van der Waals surface area contributed by atoms with Gasteiger partial charge in [0.15, 0.2) is 0 Å². The van der Waals surface area contributed by atoms with Gasteiger partial charge in [0.05, 0.1) is 19.8 Å². The molecule has 0 aromatic carbocycles. The average molecular weight is 295 g/mol. The number of unbranched alkanes of at least 4 members (excludes halogenated alkanes) is 1. The van der Waals surface area contributed by atoms with E-state index in [4.69, 9.17) is 25.5 Å². The van der Waals surface area contributed by atoms with Crippen LogP contribution in [0.15, 0.2) is 0 Å². The summed E-state index contributed by atoms with van der Waals surface area (Å²) in [6, 6.07) is 0. The summed E-state index contributed by atoms with van der Waals surface area (Å²) in [4.78, 5) is 21.6. The molecule has 0 aliphatic carbocycles. The molecule has 0 aromatic rings. The van der Waals surface area contributed by atoms with Crippen LogP contribution >= 0.6 is 0 Å². The van der Waals surface area contributed by atoms with E-state index in [-0.39, 0.29) is 32.7 Å². The zero-order valence-corrected chi connectivity index (χ0v) is 11.6. The van der Waals surface area contributed by atoms with Crippen LogP contribution in [0.3, 0.4) is 0 Å². The second-order valence-electron chi connectivity index (χ2n) is 4.01. The van der Waals surface area contributed by atoms with Crippen molar-refractivity contribution >= 4 is 11.9 Å². The molecule has 0 aliphatic heterocycles. The standard InChI is InChI=1S/C6H15NO3.C6H10O4/c8-4-1-7(2-5-9)3-6-10;7-5(8)3-1-2-4-6(9)10/h8-10H,1-6H2;1-4H2,(H,7,8)(H,9,10). The van der Waals surface area contributed by atoms with E-state index in [9.17, 15) is 9.59 Å². The Hall–Kier alpha value is -1.22. The van der Waals surface area contributed by atoms with Crippen molar-refractivity contribution < 1.29 is 35.1 Å². The summed E-state index contributed by atoms with van der Waals surface area (Å²) in [5, 5.41) is 41.7. The van der Waals surface area contributed by atoms with Gasteiger partial charge in [-0.25, -0.2) is 0 Å². The number of hydrogen-bond acceptors (Lipinski definition) is 6. The number of aliphatic carboxylic acids is 2. The molecule has 0 unspecified atom stereocenters. The van der Waals surface area contributed by atoms with E-state index in [1.54, 1.807) is 4.90 Å². The molecular formula is C12H25NO7. The minimum atomic E-state index is -0.870. The van der Waals surface area contributed by atoms with Gasteiger partial charge in [0.2, 0.25) is 0 Å². The molecule has 0 aromatic heterocycles. The molecule has 0 heterocycles. The average Bonchev–Trinajstić information content (AvgIpc) is 2.36. The van der Waals surface area contributed by atoms with Gasteiger partial charge in [0.1, 0.15) is 0 Å². The van der Waals surface area contributed by atoms with E-state index in [2.05, 4.69) is 0 Å². The van der Waals surface area contributed by atoms with E-state index in [0.717, 1.165) is 0 Å². The Kier molecular flexibility index (Phi) is 16.7. The Labute approximate surface area is 118 Å². The second-order valence-corrected chi connectivity index (χ2v) is 4.01. The Morgan fingerprint density at radius 3 is 1.20 bits per heavy atom. The molecule has 120 valence electrons. The van der Waals surface area contributed by atoms with E-state index >= 15 is 0 Å². The Morgan fingerprint density at radius 2 is 1.00 bits per heavy atom. The minimum Gasteiger partial charge on any atom is -0.481 e. The second kappa shape index (κ2) is 15.8. The number of nitrogens with zero attached hydrogens (tertiary/aromatic N) is 1. The normalized spacial score (nSPS) is 10.0. The summed E-state index contributed by atoms with van der Waals surface area (Å²) in [5.74, 6) is -1.74. The number of aliphatic hydroxyl groups excluding tert-OH is 3. The van der Waals surface area contributed by atoms with Crippen molar-refractivity contribution in [2.45, 2.75) is 25.7 Å². The molecule has 0 amide bonds. The number of hydrogen-bond donors (Lipinski definition) is 5. The molecule has 0 saturated heterocycles. The lowest BCUT2D eigenvalue weighted by Crippen LogP contribution is -2.32. The van der Waals surface area contributed by atoms with Crippen molar-refractivity contribution in [3.8, 4) is 0 Å². The fraction of sp³-hybridized carbons (Fsp3) is 0.833. The first-order valence-corrected chi connectivity index (χ1v) is 6.46. The maximum atomic E-state index is 9.90. The highest BCUT2D eigenvalue weighted by atomic mass is 16.4. The fourth-order valence-electron chi connectivity index (χ4n) is 1.31. The van der Waals surface area contributed by atoms with Gasteiger partial charge in [0.25, 0.3) is 0 Å². The highest BCUT2D eigenvalue weighted by Gasteiger charge is 2.00. The maximum absolute atomic E-state index is 9.90. The maximum Gasteiger partial charge on any atom is 0.303 e. The zero-order valence-electron chi connectivity index (χ0n) is 11.6. The Balaban J connectivity index is 0. The lowest BCUT2D eigenvalue weighted by atomic mass is 10.2. The Bertz CT molecular complexity index is 218. The molecule has 0 bridgehead atoms. The first-order valence-electron chi connectivity index (χ1n) is 6.46. The Morgan fingerprint density at radius 1 is 0.700 bits per heavy atom. The van der Waals surface area contributed by atoms with Crippen LogP contribution in [0, 0.1) is 0 Å². The lowest BCUT2D eigenvalue weighted by molar-refractivity contribution is -0.139. The smallest absolute Gasteiger partial charge is 0.303 e. The summed E-state index contributed by atoms with van der Waals surface area (Å²) in [6.45, 7) is 1.75. The monoisotopic (exact) mass is 295 g/mol. The zero-order chi connectivity index (χ0) is 15.8. The van der Waals surface area contributed by atoms with Crippen molar-refractivity contribution in [1.29, 1.82) is 0 Å². The fourth-order valence-corrected chi connectivity index (χ4v) is 1.31. The van der Waals surface area contributed by atoms with Gasteiger partial charge < -0.3 is 25.5 Å². The largest absolute Gasteiger partial charge is 0.481 e. The van der Waals surface area contributed by atoms with Crippen LogP contribution in [0.25, 0.3) is 0 Å². The van der Waals surface area contributed by atoms with Gasteiger partial charge in [-0.3, -0.25) is 14.5 Å². The van der Waals surface area contributed by atoms with Crippen molar-refractivity contribution in [2.75, 3.05) is 39.5 Å². The van der Waals surface area contributed by atoms with Crippen LogP contribution in [0.4, 0.5) is 0 Å². The topological polar surface area (TPSA) is 139 Å². The van der Waals surface area contributed by atoms with Gasteiger partial charge >= 0.3 is 11.9 Å². The van der Waals surface area contributed by atoms with Gasteiger partial charge in [-0.2, -0.15) is 0 Å². The highest BCUT2D eigenvalue weighted by Crippen LogP contribution is 1.98. The molecule has 0 aliphatic rings. The molecule has 0 atom stereocenters. The van der Waals surface area contributed by atoms with Crippen LogP contribution in [-0.4, -0.2) is 81.8 Å². The summed E-state index contributed by atoms with van der Waals surface area (Å²) in [6.07, 6.45) is 1.02. The first-order chi connectivity index (χ1) is 9.47. The molecule has 8 heteroatoms. The predicted octanol–water partition coefficient (Wildman–Crippen LogP) is -1.02. The number of carbonyl (C=O) groups is 2. The van der Waals surface area contributed by atoms with Crippen LogP contribution < -0.4 is 0 Å². The lowest BCUT2D eigenvalue weighted by Gasteiger charge is -2.17. The summed E-state index contributed by atoms with van der Waals surface area (Å²) < 4.78 is 0. The van der Waals surface area contributed by atoms with Crippen LogP contribution in [0.1, 0.15) is 25.7 Å². The van der Waals surface area contributed by atoms with Crippen molar-refractivity contribution in [3.05, 3.63) is 0 Å². The molecule has 5 N–H and O–H groups in total. The number of aliphatic hydroxyl groups is 3. The van der Waals surface area contributed by atoms with Crippen molar-refractivity contribution in [2.24, 2.45) is 0 Å². The van der Waals surface area contributed by atoms with Crippen LogP contribution in [0.5, 0.6) is 0 Å². The highest BCUT2D eigenvalue weighted by molar-refractivity contribution is 5.67. The molecule has 0 fully saturated rings. The van der Waals surface area contributed by atoms with Crippen LogP contribution in [-0.2, 0) is 9.59 Å². The first kappa shape index (κ1) is 21.1. The molecular weight excluding hydrogens is 270 g/mol. The molecule has 0 spiro atoms. The number of carboxylic acid groups (broad SMARTS) is 2. The SMILES string of the molecule is O=C(O)CCCCC(=O)O.OCCN(CCO)CCO. The third-order valence-electron chi connectivity index (χ3n) is 2.28. The van der Waals surface area contributed by atoms with Gasteiger partial charge in [-0.05, 0) is 12.8 Å².